The van der Waals surface area contributed by atoms with E-state index in [1.807, 2.05) is 6.92 Å². The van der Waals surface area contributed by atoms with Crippen LogP contribution < -0.4 is 0 Å². The molecule has 1 aliphatic heterocycles. The van der Waals surface area contributed by atoms with Crippen molar-refractivity contribution >= 4 is 11.8 Å². The number of hydrogen-bond acceptors (Lipinski definition) is 5. The highest BCUT2D eigenvalue weighted by Crippen LogP contribution is 2.31. The molecule has 0 N–H and O–H groups in total. The lowest BCUT2D eigenvalue weighted by molar-refractivity contribution is -0.183. The van der Waals surface area contributed by atoms with Crippen molar-refractivity contribution in [2.75, 3.05) is 14.2 Å². The summed E-state index contributed by atoms with van der Waals surface area (Å²) in [5.41, 5.74) is 0. The first-order valence-electron chi connectivity index (χ1n) is 6.18. The van der Waals surface area contributed by atoms with Gasteiger partial charge in [-0.3, -0.25) is 9.59 Å². The summed E-state index contributed by atoms with van der Waals surface area (Å²) < 4.78 is 15.9. The Bertz CT molecular complexity index is 315. The quantitative estimate of drug-likeness (QED) is 0.693. The normalized spacial score (nSPS) is 33.9. The van der Waals surface area contributed by atoms with Crippen LogP contribution in [0.5, 0.6) is 0 Å². The molecule has 0 radical (unpaired) electrons. The molecular formula is C13H22O5. The smallest absolute Gasteiger partial charge is 0.311 e. The summed E-state index contributed by atoms with van der Waals surface area (Å²) in [6.07, 6.45) is -0.671. The van der Waals surface area contributed by atoms with E-state index < -0.39 is 6.10 Å². The fourth-order valence-corrected chi connectivity index (χ4v) is 2.49. The van der Waals surface area contributed by atoms with Crippen LogP contribution in [0.2, 0.25) is 0 Å². The minimum absolute atomic E-state index is 0.0414. The lowest BCUT2D eigenvalue weighted by atomic mass is 9.84. The summed E-state index contributed by atoms with van der Waals surface area (Å²) in [7, 11) is 3.07. The molecule has 104 valence electrons. The van der Waals surface area contributed by atoms with Crippen LogP contribution in [0.3, 0.4) is 0 Å². The Morgan fingerprint density at radius 2 is 2.00 bits per heavy atom. The molecule has 0 bridgehead atoms. The van der Waals surface area contributed by atoms with Crippen molar-refractivity contribution in [1.82, 2.24) is 0 Å². The number of cyclic esters (lactones) is 1. The van der Waals surface area contributed by atoms with E-state index >= 15 is 0 Å². The number of hydrogen-bond donors (Lipinski definition) is 0. The van der Waals surface area contributed by atoms with Gasteiger partial charge in [-0.25, -0.2) is 0 Å². The van der Waals surface area contributed by atoms with E-state index in [-0.39, 0.29) is 35.8 Å². The molecule has 0 aliphatic carbocycles. The highest BCUT2D eigenvalue weighted by atomic mass is 16.6. The third kappa shape index (κ3) is 3.09. The number of ketones is 1. The first-order chi connectivity index (χ1) is 8.42. The highest BCUT2D eigenvalue weighted by Gasteiger charge is 2.42. The molecule has 0 aromatic heterocycles. The van der Waals surface area contributed by atoms with Gasteiger partial charge in [0.1, 0.15) is 12.2 Å². The Hall–Kier alpha value is -0.940. The van der Waals surface area contributed by atoms with E-state index in [0.717, 1.165) is 0 Å². The van der Waals surface area contributed by atoms with Crippen LogP contribution in [-0.4, -0.2) is 44.3 Å². The SMILES string of the molecule is COC(CC1OC(=O)C(C)C(OC)C1C)C(C)=O. The van der Waals surface area contributed by atoms with Crippen LogP contribution >= 0.6 is 0 Å². The Labute approximate surface area is 108 Å². The predicted octanol–water partition coefficient (Wildman–Crippen LogP) is 1.19. The molecule has 0 aromatic rings. The molecule has 0 spiro atoms. The van der Waals surface area contributed by atoms with Gasteiger partial charge < -0.3 is 14.2 Å². The second-order valence-corrected chi connectivity index (χ2v) is 4.89. The van der Waals surface area contributed by atoms with Crippen molar-refractivity contribution < 1.29 is 23.8 Å². The van der Waals surface area contributed by atoms with Gasteiger partial charge in [0.15, 0.2) is 5.78 Å². The van der Waals surface area contributed by atoms with Gasteiger partial charge in [0.05, 0.1) is 12.0 Å². The number of Topliss-reactive ketones (excluding diaryl/α,β-unsaturated/α-hetero) is 1. The molecule has 1 rings (SSSR count). The summed E-state index contributed by atoms with van der Waals surface area (Å²) >= 11 is 0. The Morgan fingerprint density at radius 3 is 2.44 bits per heavy atom. The fourth-order valence-electron chi connectivity index (χ4n) is 2.49. The third-order valence-corrected chi connectivity index (χ3v) is 3.69. The number of methoxy groups -OCH3 is 2. The van der Waals surface area contributed by atoms with Gasteiger partial charge in [-0.2, -0.15) is 0 Å². The average molecular weight is 258 g/mol. The maximum absolute atomic E-state index is 11.7. The maximum atomic E-state index is 11.7. The third-order valence-electron chi connectivity index (χ3n) is 3.69. The molecule has 0 amide bonds. The Balaban J connectivity index is 2.76. The molecular weight excluding hydrogens is 236 g/mol. The van der Waals surface area contributed by atoms with E-state index in [0.29, 0.717) is 6.42 Å². The van der Waals surface area contributed by atoms with E-state index in [4.69, 9.17) is 14.2 Å². The second-order valence-electron chi connectivity index (χ2n) is 4.89. The van der Waals surface area contributed by atoms with Crippen LogP contribution in [0, 0.1) is 11.8 Å². The van der Waals surface area contributed by atoms with Crippen LogP contribution in [0.15, 0.2) is 0 Å². The van der Waals surface area contributed by atoms with Crippen molar-refractivity contribution in [2.24, 2.45) is 11.8 Å². The largest absolute Gasteiger partial charge is 0.462 e. The summed E-state index contributed by atoms with van der Waals surface area (Å²) in [6, 6.07) is 0. The molecule has 5 heteroatoms. The molecule has 5 unspecified atom stereocenters. The van der Waals surface area contributed by atoms with E-state index in [1.165, 1.54) is 14.0 Å². The molecule has 0 saturated carbocycles. The van der Waals surface area contributed by atoms with E-state index in [2.05, 4.69) is 0 Å². The molecule has 0 aromatic carbocycles. The van der Waals surface area contributed by atoms with Gasteiger partial charge >= 0.3 is 5.97 Å². The number of carbonyl (C=O) groups is 2. The standard InChI is InChI=1S/C13H22O5/c1-7-10(6-11(16-4)9(3)14)18-13(15)8(2)12(7)17-5/h7-8,10-12H,6H2,1-5H3. The summed E-state index contributed by atoms with van der Waals surface area (Å²) in [4.78, 5) is 23.1. The minimum Gasteiger partial charge on any atom is -0.462 e. The number of carbonyl (C=O) groups excluding carboxylic acids is 2. The van der Waals surface area contributed by atoms with Gasteiger partial charge in [-0.1, -0.05) is 6.92 Å². The van der Waals surface area contributed by atoms with E-state index in [1.54, 1.807) is 14.0 Å². The van der Waals surface area contributed by atoms with Crippen LogP contribution in [-0.2, 0) is 23.8 Å². The highest BCUT2D eigenvalue weighted by molar-refractivity contribution is 5.80. The molecule has 1 fully saturated rings. The van der Waals surface area contributed by atoms with Crippen LogP contribution in [0.4, 0.5) is 0 Å². The molecule has 5 nitrogen and oxygen atoms in total. The number of ether oxygens (including phenoxy) is 3. The van der Waals surface area contributed by atoms with Crippen LogP contribution in [0.25, 0.3) is 0 Å². The first kappa shape index (κ1) is 15.1. The lowest BCUT2D eigenvalue weighted by Gasteiger charge is -2.39. The van der Waals surface area contributed by atoms with Crippen molar-refractivity contribution in [3.63, 3.8) is 0 Å². The summed E-state index contributed by atoms with van der Waals surface area (Å²) in [6.45, 7) is 5.23. The molecule has 5 atom stereocenters. The lowest BCUT2D eigenvalue weighted by Crippen LogP contribution is -2.49. The monoisotopic (exact) mass is 258 g/mol. The van der Waals surface area contributed by atoms with Gasteiger partial charge in [0.2, 0.25) is 0 Å². The molecule has 18 heavy (non-hydrogen) atoms. The Kier molecular flexibility index (Phi) is 5.28. The van der Waals surface area contributed by atoms with Crippen LogP contribution in [0.1, 0.15) is 27.2 Å². The minimum atomic E-state index is -0.531. The maximum Gasteiger partial charge on any atom is 0.311 e. The van der Waals surface area contributed by atoms with Crippen molar-refractivity contribution in [1.29, 1.82) is 0 Å². The second kappa shape index (κ2) is 6.29. The van der Waals surface area contributed by atoms with Gasteiger partial charge in [0.25, 0.3) is 0 Å². The average Bonchev–Trinajstić information content (AvgIpc) is 2.32. The van der Waals surface area contributed by atoms with Gasteiger partial charge in [0, 0.05) is 26.6 Å². The zero-order chi connectivity index (χ0) is 13.9. The molecule has 1 saturated heterocycles. The first-order valence-corrected chi connectivity index (χ1v) is 6.18. The van der Waals surface area contributed by atoms with Crippen molar-refractivity contribution in [3.8, 4) is 0 Å². The van der Waals surface area contributed by atoms with Crippen molar-refractivity contribution in [2.45, 2.75) is 45.5 Å². The number of esters is 1. The molecule has 1 heterocycles. The topological polar surface area (TPSA) is 61.8 Å². The Morgan fingerprint density at radius 1 is 1.39 bits per heavy atom. The van der Waals surface area contributed by atoms with Gasteiger partial charge in [-0.05, 0) is 13.8 Å². The summed E-state index contributed by atoms with van der Waals surface area (Å²) in [5, 5.41) is 0. The van der Waals surface area contributed by atoms with Crippen molar-refractivity contribution in [3.05, 3.63) is 0 Å². The predicted molar refractivity (Wildman–Crippen MR) is 65.1 cm³/mol. The number of rotatable bonds is 5. The zero-order valence-corrected chi connectivity index (χ0v) is 11.6. The fraction of sp³-hybridized carbons (Fsp3) is 0.846. The summed E-state index contributed by atoms with van der Waals surface area (Å²) in [5.74, 6) is -0.573. The van der Waals surface area contributed by atoms with E-state index in [9.17, 15) is 9.59 Å². The zero-order valence-electron chi connectivity index (χ0n) is 11.6. The van der Waals surface area contributed by atoms with Gasteiger partial charge in [-0.15, -0.1) is 0 Å². The molecule has 1 aliphatic rings.